The number of aryl methyl sites for hydroxylation is 1. The summed E-state index contributed by atoms with van der Waals surface area (Å²) in [6, 6.07) is 12.0. The average Bonchev–Trinajstić information content (AvgIpc) is 2.97. The van der Waals surface area contributed by atoms with Crippen LogP contribution in [0.25, 0.3) is 10.9 Å². The number of carbonyl (C=O) groups is 1. The Labute approximate surface area is 188 Å². The Balaban J connectivity index is 2.16. The number of halogens is 1. The maximum Gasteiger partial charge on any atom is 0.224 e. The van der Waals surface area contributed by atoms with Crippen LogP contribution in [-0.2, 0) is 11.2 Å². The van der Waals surface area contributed by atoms with E-state index in [9.17, 15) is 4.79 Å². The summed E-state index contributed by atoms with van der Waals surface area (Å²) in [4.78, 5) is 13.3. The second kappa shape index (κ2) is 9.19. The highest BCUT2D eigenvalue weighted by Crippen LogP contribution is 2.35. The van der Waals surface area contributed by atoms with Crippen LogP contribution in [0, 0.1) is 13.8 Å². The first kappa shape index (κ1) is 22.3. The standard InChI is InChI=1S/C24H27ClN2O2S/c1-6-15(3)26-23(28)12-18-16(4)27(24(30)17-9-7-14(2)8-10-17)21-13-20(25)22(29-5)11-19(18)21/h7-11,13,15H,6,12H2,1-5H3,(H,26,28). The van der Waals surface area contributed by atoms with Gasteiger partial charge in [-0.25, -0.2) is 0 Å². The summed E-state index contributed by atoms with van der Waals surface area (Å²) in [5.41, 5.74) is 4.84. The number of fused-ring (bicyclic) bond motifs is 1. The average molecular weight is 443 g/mol. The van der Waals surface area contributed by atoms with Gasteiger partial charge < -0.3 is 14.6 Å². The molecule has 1 unspecified atom stereocenters. The molecule has 0 spiro atoms. The van der Waals surface area contributed by atoms with E-state index in [0.29, 0.717) is 15.8 Å². The first-order valence-corrected chi connectivity index (χ1v) is 10.8. The molecule has 1 N–H and O–H groups in total. The summed E-state index contributed by atoms with van der Waals surface area (Å²) in [7, 11) is 1.59. The molecule has 0 aliphatic rings. The molecule has 1 amide bonds. The van der Waals surface area contributed by atoms with Crippen LogP contribution in [0.3, 0.4) is 0 Å². The first-order chi connectivity index (χ1) is 14.3. The Morgan fingerprint density at radius 3 is 2.50 bits per heavy atom. The highest BCUT2D eigenvalue weighted by molar-refractivity contribution is 7.80. The summed E-state index contributed by atoms with van der Waals surface area (Å²) in [5.74, 6) is 0.563. The molecule has 30 heavy (non-hydrogen) atoms. The van der Waals surface area contributed by atoms with E-state index in [1.807, 2.05) is 61.7 Å². The fraction of sp³-hybridized carbons (Fsp3) is 0.333. The number of nitrogens with one attached hydrogen (secondary N) is 1. The minimum absolute atomic E-state index is 0.0123. The predicted octanol–water partition coefficient (Wildman–Crippen LogP) is 5.60. The fourth-order valence-electron chi connectivity index (χ4n) is 3.54. The second-order valence-electron chi connectivity index (χ2n) is 7.63. The van der Waals surface area contributed by atoms with Crippen molar-refractivity contribution in [3.8, 4) is 5.75 Å². The van der Waals surface area contributed by atoms with E-state index in [-0.39, 0.29) is 18.4 Å². The molecule has 0 saturated heterocycles. The van der Waals surface area contributed by atoms with Gasteiger partial charge in [0.2, 0.25) is 5.91 Å². The van der Waals surface area contributed by atoms with Crippen LogP contribution in [0.5, 0.6) is 5.75 Å². The molecule has 0 aliphatic heterocycles. The Morgan fingerprint density at radius 1 is 1.23 bits per heavy atom. The molecule has 3 aromatic rings. The molecule has 0 aliphatic carbocycles. The van der Waals surface area contributed by atoms with Gasteiger partial charge >= 0.3 is 0 Å². The number of thiocarbonyl (C=S) groups is 1. The zero-order valence-corrected chi connectivity index (χ0v) is 19.6. The van der Waals surface area contributed by atoms with Crippen molar-refractivity contribution in [2.24, 2.45) is 0 Å². The van der Waals surface area contributed by atoms with Crippen LogP contribution >= 0.6 is 23.8 Å². The number of hydrogen-bond donors (Lipinski definition) is 1. The lowest BCUT2D eigenvalue weighted by Crippen LogP contribution is -2.33. The van der Waals surface area contributed by atoms with Crippen molar-refractivity contribution in [2.75, 3.05) is 7.11 Å². The van der Waals surface area contributed by atoms with Gasteiger partial charge in [0, 0.05) is 22.7 Å². The molecular weight excluding hydrogens is 416 g/mol. The van der Waals surface area contributed by atoms with Gasteiger partial charge in [-0.1, -0.05) is 60.6 Å². The lowest BCUT2D eigenvalue weighted by Gasteiger charge is -2.12. The molecule has 0 saturated carbocycles. The Morgan fingerprint density at radius 2 is 1.90 bits per heavy atom. The molecule has 0 radical (unpaired) electrons. The quantitative estimate of drug-likeness (QED) is 0.505. The summed E-state index contributed by atoms with van der Waals surface area (Å²) in [5, 5.41) is 4.47. The SMILES string of the molecule is CCC(C)NC(=O)Cc1c(C)n(C(=S)c2ccc(C)cc2)c2cc(Cl)c(OC)cc12. The number of carbonyl (C=O) groups excluding carboxylic acids is 1. The van der Waals surface area contributed by atoms with Gasteiger partial charge in [-0.3, -0.25) is 4.79 Å². The molecule has 158 valence electrons. The number of benzene rings is 2. The third-order valence-electron chi connectivity index (χ3n) is 5.47. The largest absolute Gasteiger partial charge is 0.495 e. The highest BCUT2D eigenvalue weighted by Gasteiger charge is 2.22. The first-order valence-electron chi connectivity index (χ1n) is 10.0. The normalized spacial score (nSPS) is 12.1. The molecule has 1 aromatic heterocycles. The fourth-order valence-corrected chi connectivity index (χ4v) is 4.14. The van der Waals surface area contributed by atoms with E-state index in [2.05, 4.69) is 12.2 Å². The molecule has 0 bridgehead atoms. The maximum absolute atomic E-state index is 12.7. The van der Waals surface area contributed by atoms with Crippen LogP contribution in [0.4, 0.5) is 0 Å². The van der Waals surface area contributed by atoms with Crippen molar-refractivity contribution in [3.05, 3.63) is 63.8 Å². The topological polar surface area (TPSA) is 43.3 Å². The van der Waals surface area contributed by atoms with E-state index in [4.69, 9.17) is 28.6 Å². The number of rotatable bonds is 6. The van der Waals surface area contributed by atoms with Gasteiger partial charge in [0.25, 0.3) is 0 Å². The lowest BCUT2D eigenvalue weighted by molar-refractivity contribution is -0.121. The molecule has 6 heteroatoms. The van der Waals surface area contributed by atoms with Crippen LogP contribution in [0.1, 0.15) is 42.7 Å². The summed E-state index contributed by atoms with van der Waals surface area (Å²) < 4.78 is 7.43. The number of hydrogen-bond acceptors (Lipinski definition) is 3. The highest BCUT2D eigenvalue weighted by atomic mass is 35.5. The third kappa shape index (κ3) is 4.37. The second-order valence-corrected chi connectivity index (χ2v) is 8.42. The monoisotopic (exact) mass is 442 g/mol. The Kier molecular flexibility index (Phi) is 6.84. The summed E-state index contributed by atoms with van der Waals surface area (Å²) in [6.45, 7) is 8.09. The predicted molar refractivity (Wildman–Crippen MR) is 128 cm³/mol. The number of amides is 1. The minimum atomic E-state index is -0.0123. The van der Waals surface area contributed by atoms with E-state index in [1.165, 1.54) is 5.56 Å². The zero-order valence-electron chi connectivity index (χ0n) is 18.0. The summed E-state index contributed by atoms with van der Waals surface area (Å²) in [6.07, 6.45) is 1.15. The van der Waals surface area contributed by atoms with Crippen molar-refractivity contribution in [3.63, 3.8) is 0 Å². The maximum atomic E-state index is 12.7. The van der Waals surface area contributed by atoms with Crippen molar-refractivity contribution in [1.29, 1.82) is 0 Å². The van der Waals surface area contributed by atoms with Gasteiger partial charge in [-0.15, -0.1) is 0 Å². The van der Waals surface area contributed by atoms with Crippen molar-refractivity contribution >= 4 is 45.6 Å². The van der Waals surface area contributed by atoms with Gasteiger partial charge in [0.15, 0.2) is 0 Å². The lowest BCUT2D eigenvalue weighted by atomic mass is 10.1. The van der Waals surface area contributed by atoms with Crippen LogP contribution in [-0.4, -0.2) is 28.6 Å². The van der Waals surface area contributed by atoms with Gasteiger partial charge in [0.1, 0.15) is 10.7 Å². The minimum Gasteiger partial charge on any atom is -0.495 e. The number of aromatic nitrogens is 1. The third-order valence-corrected chi connectivity index (χ3v) is 6.18. The van der Waals surface area contributed by atoms with Crippen molar-refractivity contribution < 1.29 is 9.53 Å². The summed E-state index contributed by atoms with van der Waals surface area (Å²) >= 11 is 12.3. The van der Waals surface area contributed by atoms with Gasteiger partial charge in [-0.05, 0) is 44.9 Å². The van der Waals surface area contributed by atoms with Crippen molar-refractivity contribution in [1.82, 2.24) is 9.88 Å². The Bertz CT molecular complexity index is 1100. The van der Waals surface area contributed by atoms with E-state index in [1.54, 1.807) is 7.11 Å². The number of ether oxygens (including phenoxy) is 1. The van der Waals surface area contributed by atoms with Gasteiger partial charge in [-0.2, -0.15) is 0 Å². The van der Waals surface area contributed by atoms with Crippen molar-refractivity contribution in [2.45, 2.75) is 46.6 Å². The molecule has 2 aromatic carbocycles. The molecule has 3 rings (SSSR count). The van der Waals surface area contributed by atoms with Crippen LogP contribution in [0.2, 0.25) is 5.02 Å². The molecule has 0 fully saturated rings. The van der Waals surface area contributed by atoms with E-state index in [0.717, 1.165) is 34.1 Å². The van der Waals surface area contributed by atoms with E-state index < -0.39 is 0 Å². The molecule has 1 heterocycles. The smallest absolute Gasteiger partial charge is 0.224 e. The van der Waals surface area contributed by atoms with Gasteiger partial charge in [0.05, 0.1) is 24.1 Å². The number of methoxy groups -OCH3 is 1. The zero-order chi connectivity index (χ0) is 22.0. The van der Waals surface area contributed by atoms with E-state index >= 15 is 0 Å². The van der Waals surface area contributed by atoms with Crippen LogP contribution in [0.15, 0.2) is 36.4 Å². The number of nitrogens with zero attached hydrogens (tertiary/aromatic N) is 1. The molecular formula is C24H27ClN2O2S. The van der Waals surface area contributed by atoms with Crippen LogP contribution < -0.4 is 10.1 Å². The Hall–Kier alpha value is -2.37. The molecule has 1 atom stereocenters. The molecule has 4 nitrogen and oxygen atoms in total.